The molecule has 2 aromatic carbocycles. The van der Waals surface area contributed by atoms with E-state index >= 15 is 0 Å². The third-order valence-corrected chi connectivity index (χ3v) is 7.40. The summed E-state index contributed by atoms with van der Waals surface area (Å²) in [5.41, 5.74) is -0.125. The van der Waals surface area contributed by atoms with E-state index in [0.29, 0.717) is 5.02 Å². The molecule has 2 saturated carbocycles. The van der Waals surface area contributed by atoms with Crippen LogP contribution in [0.5, 0.6) is 0 Å². The number of hydrazine groups is 1. The van der Waals surface area contributed by atoms with Crippen LogP contribution in [0, 0.1) is 33.8 Å². The van der Waals surface area contributed by atoms with Gasteiger partial charge in [-0.2, -0.15) is 5.01 Å². The number of non-ortho nitro benzene ring substituents is 1. The van der Waals surface area contributed by atoms with Gasteiger partial charge < -0.3 is 0 Å². The van der Waals surface area contributed by atoms with Gasteiger partial charge in [-0.15, -0.1) is 0 Å². The maximum absolute atomic E-state index is 13.5. The Kier molecular flexibility index (Phi) is 5.44. The predicted molar refractivity (Wildman–Crippen MR) is 120 cm³/mol. The molecule has 3 aliphatic rings. The largest absolute Gasteiger partial charge is 0.292 e. The van der Waals surface area contributed by atoms with Crippen LogP contribution in [0.4, 0.5) is 5.69 Å². The van der Waals surface area contributed by atoms with Crippen LogP contribution in [0.1, 0.15) is 40.0 Å². The molecule has 4 atom stereocenters. The molecule has 174 valence electrons. The average Bonchev–Trinajstić information content (AvgIpc) is 3.51. The number of hydrogen-bond acceptors (Lipinski definition) is 6. The molecule has 10 heteroatoms. The van der Waals surface area contributed by atoms with E-state index in [1.54, 1.807) is 0 Å². The lowest BCUT2D eigenvalue weighted by atomic mass is 9.81. The first-order chi connectivity index (χ1) is 16.3. The van der Waals surface area contributed by atoms with Gasteiger partial charge in [0.15, 0.2) is 5.78 Å². The van der Waals surface area contributed by atoms with Gasteiger partial charge in [-0.1, -0.05) is 23.7 Å². The lowest BCUT2D eigenvalue weighted by molar-refractivity contribution is -0.384. The smallest absolute Gasteiger partial charge is 0.273 e. The number of carbonyl (C=O) groups excluding carboxylic acids is 4. The van der Waals surface area contributed by atoms with Crippen molar-refractivity contribution in [2.24, 2.45) is 23.7 Å². The Morgan fingerprint density at radius 3 is 2.21 bits per heavy atom. The summed E-state index contributed by atoms with van der Waals surface area (Å²) in [6.45, 7) is -0.616. The van der Waals surface area contributed by atoms with Crippen LogP contribution in [-0.4, -0.2) is 45.0 Å². The number of nitrogens with zero attached hydrogens (tertiary/aromatic N) is 3. The zero-order chi connectivity index (χ0) is 24.1. The first-order valence-corrected chi connectivity index (χ1v) is 11.4. The minimum Gasteiger partial charge on any atom is -0.292 e. The Hall–Kier alpha value is -3.59. The molecule has 2 aliphatic carbocycles. The Morgan fingerprint density at radius 1 is 1.00 bits per heavy atom. The second kappa shape index (κ2) is 8.32. The fourth-order valence-corrected chi connectivity index (χ4v) is 5.75. The maximum atomic E-state index is 13.5. The van der Waals surface area contributed by atoms with Crippen molar-refractivity contribution in [2.75, 3.05) is 6.54 Å². The highest BCUT2D eigenvalue weighted by Gasteiger charge is 2.62. The molecule has 3 fully saturated rings. The number of nitro benzene ring substituents is 1. The van der Waals surface area contributed by atoms with Gasteiger partial charge in [-0.3, -0.25) is 29.3 Å². The number of carbonyl (C=O) groups is 4. The molecule has 1 aliphatic heterocycles. The Morgan fingerprint density at radius 2 is 1.62 bits per heavy atom. The summed E-state index contributed by atoms with van der Waals surface area (Å²) in [5, 5.41) is 13.2. The molecule has 1 saturated heterocycles. The Labute approximate surface area is 199 Å². The Balaban J connectivity index is 1.50. The quantitative estimate of drug-likeness (QED) is 0.269. The topological polar surface area (TPSA) is 118 Å². The lowest BCUT2D eigenvalue weighted by Gasteiger charge is -2.30. The van der Waals surface area contributed by atoms with Crippen LogP contribution in [-0.2, 0) is 9.59 Å². The van der Waals surface area contributed by atoms with E-state index < -0.39 is 46.8 Å². The van der Waals surface area contributed by atoms with Gasteiger partial charge in [-0.05, 0) is 55.4 Å². The summed E-state index contributed by atoms with van der Waals surface area (Å²) in [7, 11) is 0. The van der Waals surface area contributed by atoms with Crippen molar-refractivity contribution in [1.82, 2.24) is 10.0 Å². The summed E-state index contributed by atoms with van der Waals surface area (Å²) in [5.74, 6) is -2.99. The van der Waals surface area contributed by atoms with Crippen molar-refractivity contribution in [3.8, 4) is 0 Å². The van der Waals surface area contributed by atoms with Gasteiger partial charge >= 0.3 is 0 Å². The Bertz CT molecular complexity index is 1200. The first kappa shape index (κ1) is 22.2. The minimum atomic E-state index is -0.704. The van der Waals surface area contributed by atoms with E-state index in [4.69, 9.17) is 11.6 Å². The summed E-state index contributed by atoms with van der Waals surface area (Å²) < 4.78 is 0. The molecule has 0 unspecified atom stereocenters. The molecule has 2 bridgehead atoms. The van der Waals surface area contributed by atoms with E-state index in [1.165, 1.54) is 42.5 Å². The highest BCUT2D eigenvalue weighted by atomic mass is 35.5. The molecule has 0 aromatic heterocycles. The summed E-state index contributed by atoms with van der Waals surface area (Å²) in [6, 6.07) is 11.0. The van der Waals surface area contributed by atoms with E-state index in [0.717, 1.165) is 35.3 Å². The number of fused-ring (bicyclic) bond motifs is 5. The average molecular weight is 482 g/mol. The summed E-state index contributed by atoms with van der Waals surface area (Å²) in [6.07, 6.45) is 2.57. The molecule has 2 aromatic rings. The standard InChI is InChI=1S/C24H20ClN3O6/c25-17-8-6-13(7-9-17)22(30)26(12-19(29)14-2-1-3-18(11-14)28(33)34)27-23(31)20-15-4-5-16(10-15)21(20)24(27)32/h1-3,6-9,11,15-16,20-21H,4-5,10,12H2/t15-,16-,20-,21-/m0/s1. The molecular formula is C24H20ClN3O6. The SMILES string of the molecule is O=C(CN(C(=O)c1ccc(Cl)cc1)N1C(=O)[C@H]2[C@H]3CC[C@@H](C3)[C@@H]2C1=O)c1cccc([N+](=O)[O-])c1. The fraction of sp³-hybridized carbons (Fsp3) is 0.333. The van der Waals surface area contributed by atoms with Gasteiger partial charge in [0, 0.05) is 28.3 Å². The second-order valence-electron chi connectivity index (χ2n) is 8.97. The van der Waals surface area contributed by atoms with E-state index in [2.05, 4.69) is 0 Å². The molecule has 9 nitrogen and oxygen atoms in total. The molecule has 0 radical (unpaired) electrons. The number of rotatable bonds is 6. The number of nitro groups is 1. The number of benzene rings is 2. The molecule has 3 amide bonds. The van der Waals surface area contributed by atoms with Crippen molar-refractivity contribution in [3.63, 3.8) is 0 Å². The number of halogens is 1. The van der Waals surface area contributed by atoms with Crippen LogP contribution in [0.25, 0.3) is 0 Å². The number of amides is 3. The van der Waals surface area contributed by atoms with E-state index in [1.807, 2.05) is 0 Å². The van der Waals surface area contributed by atoms with Crippen molar-refractivity contribution in [1.29, 1.82) is 0 Å². The van der Waals surface area contributed by atoms with Crippen LogP contribution < -0.4 is 0 Å². The van der Waals surface area contributed by atoms with Gasteiger partial charge in [0.1, 0.15) is 6.54 Å². The summed E-state index contributed by atoms with van der Waals surface area (Å²) in [4.78, 5) is 63.8. The van der Waals surface area contributed by atoms with Gasteiger partial charge in [-0.25, -0.2) is 5.01 Å². The molecular weight excluding hydrogens is 462 g/mol. The van der Waals surface area contributed by atoms with Crippen molar-refractivity contribution in [3.05, 3.63) is 74.8 Å². The molecule has 0 N–H and O–H groups in total. The zero-order valence-corrected chi connectivity index (χ0v) is 18.7. The third kappa shape index (κ3) is 3.56. The predicted octanol–water partition coefficient (Wildman–Crippen LogP) is 3.52. The maximum Gasteiger partial charge on any atom is 0.273 e. The van der Waals surface area contributed by atoms with E-state index in [-0.39, 0.29) is 28.7 Å². The monoisotopic (exact) mass is 481 g/mol. The van der Waals surface area contributed by atoms with Crippen LogP contribution in [0.15, 0.2) is 48.5 Å². The number of imide groups is 1. The van der Waals surface area contributed by atoms with Crippen molar-refractivity contribution >= 4 is 40.8 Å². The number of Topliss-reactive ketones (excluding diaryl/α,β-unsaturated/α-hetero) is 1. The van der Waals surface area contributed by atoms with Gasteiger partial charge in [0.05, 0.1) is 16.8 Å². The number of hydrogen-bond donors (Lipinski definition) is 0. The molecule has 34 heavy (non-hydrogen) atoms. The third-order valence-electron chi connectivity index (χ3n) is 7.14. The minimum absolute atomic E-state index is 0.00228. The van der Waals surface area contributed by atoms with Crippen LogP contribution >= 0.6 is 11.6 Å². The van der Waals surface area contributed by atoms with Crippen molar-refractivity contribution < 1.29 is 24.1 Å². The zero-order valence-electron chi connectivity index (χ0n) is 17.9. The van der Waals surface area contributed by atoms with E-state index in [9.17, 15) is 29.3 Å². The van der Waals surface area contributed by atoms with Crippen molar-refractivity contribution in [2.45, 2.75) is 19.3 Å². The first-order valence-electron chi connectivity index (χ1n) is 11.0. The van der Waals surface area contributed by atoms with Crippen LogP contribution in [0.3, 0.4) is 0 Å². The summed E-state index contributed by atoms with van der Waals surface area (Å²) >= 11 is 5.93. The molecule has 1 heterocycles. The normalized spacial score (nSPS) is 24.9. The lowest BCUT2D eigenvalue weighted by Crippen LogP contribution is -2.52. The molecule has 0 spiro atoms. The molecule has 5 rings (SSSR count). The van der Waals surface area contributed by atoms with Gasteiger partial charge in [0.2, 0.25) is 0 Å². The second-order valence-corrected chi connectivity index (χ2v) is 9.41. The fourth-order valence-electron chi connectivity index (χ4n) is 5.63. The highest BCUT2D eigenvalue weighted by Crippen LogP contribution is 2.56. The number of ketones is 1. The van der Waals surface area contributed by atoms with Crippen LogP contribution in [0.2, 0.25) is 5.02 Å². The highest BCUT2D eigenvalue weighted by molar-refractivity contribution is 6.30. The van der Waals surface area contributed by atoms with Gasteiger partial charge in [0.25, 0.3) is 23.4 Å².